The maximum Gasteiger partial charge on any atom is 0.322 e. The Morgan fingerprint density at radius 2 is 1.94 bits per heavy atom. The van der Waals surface area contributed by atoms with Gasteiger partial charge in [-0.1, -0.05) is 25.1 Å². The average Bonchev–Trinajstić information content (AvgIpc) is 3.23. The minimum absolute atomic E-state index is 0.0617. The fraction of sp³-hybridized carbons (Fsp3) is 0.333. The Bertz CT molecular complexity index is 1180. The molecule has 170 valence electrons. The Labute approximate surface area is 195 Å². The molecule has 0 radical (unpaired) electrons. The largest absolute Gasteiger partial charge is 0.325 e. The first-order valence-corrected chi connectivity index (χ1v) is 11.9. The summed E-state index contributed by atoms with van der Waals surface area (Å²) in [5, 5.41) is 8.11. The molecule has 1 aliphatic carbocycles. The van der Waals surface area contributed by atoms with Crippen molar-refractivity contribution in [3.05, 3.63) is 53.6 Å². The van der Waals surface area contributed by atoms with Crippen molar-refractivity contribution in [1.29, 1.82) is 0 Å². The van der Waals surface area contributed by atoms with E-state index >= 15 is 0 Å². The molecule has 2 aromatic rings. The lowest BCUT2D eigenvalue weighted by atomic mass is 9.96. The first-order valence-electron chi connectivity index (χ1n) is 11.0. The van der Waals surface area contributed by atoms with Gasteiger partial charge in [-0.3, -0.25) is 19.7 Å². The van der Waals surface area contributed by atoms with E-state index in [2.05, 4.69) is 22.9 Å². The number of fused-ring (bicyclic) bond motifs is 2. The minimum atomic E-state index is -0.947. The smallest absolute Gasteiger partial charge is 0.322 e. The van der Waals surface area contributed by atoms with Crippen molar-refractivity contribution in [2.24, 2.45) is 0 Å². The Balaban J connectivity index is 1.31. The van der Waals surface area contributed by atoms with Gasteiger partial charge < -0.3 is 15.5 Å². The fourth-order valence-corrected chi connectivity index (χ4v) is 5.92. The van der Waals surface area contributed by atoms with Crippen LogP contribution in [0.5, 0.6) is 0 Å². The predicted molar refractivity (Wildman–Crippen MR) is 125 cm³/mol. The summed E-state index contributed by atoms with van der Waals surface area (Å²) >= 11 is 1.68. The number of carbonyl (C=O) groups excluding carboxylic acids is 4. The number of para-hydroxylation sites is 1. The lowest BCUT2D eigenvalue weighted by Gasteiger charge is -2.22. The van der Waals surface area contributed by atoms with Crippen LogP contribution in [-0.2, 0) is 27.2 Å². The van der Waals surface area contributed by atoms with Crippen LogP contribution in [0.3, 0.4) is 0 Å². The number of rotatable bonds is 4. The van der Waals surface area contributed by atoms with Crippen molar-refractivity contribution in [3.8, 4) is 0 Å². The van der Waals surface area contributed by atoms with Gasteiger partial charge in [0.2, 0.25) is 11.8 Å². The third-order valence-corrected chi connectivity index (χ3v) is 7.83. The summed E-state index contributed by atoms with van der Waals surface area (Å²) in [4.78, 5) is 52.3. The normalized spacial score (nSPS) is 23.6. The molecule has 8 nitrogen and oxygen atoms in total. The van der Waals surface area contributed by atoms with Gasteiger partial charge in [0.1, 0.15) is 12.1 Å². The first-order chi connectivity index (χ1) is 15.9. The second-order valence-electron chi connectivity index (χ2n) is 8.68. The number of thioether (sulfide) groups is 1. The van der Waals surface area contributed by atoms with Gasteiger partial charge in [-0.15, -0.1) is 11.8 Å². The van der Waals surface area contributed by atoms with Gasteiger partial charge in [0, 0.05) is 35.1 Å². The number of hydrogen-bond acceptors (Lipinski definition) is 5. The van der Waals surface area contributed by atoms with E-state index in [0.717, 1.165) is 28.1 Å². The lowest BCUT2D eigenvalue weighted by molar-refractivity contribution is -0.123. The van der Waals surface area contributed by atoms with Crippen LogP contribution in [0.15, 0.2) is 47.4 Å². The van der Waals surface area contributed by atoms with Crippen molar-refractivity contribution in [3.63, 3.8) is 0 Å². The topological polar surface area (TPSA) is 108 Å². The molecule has 2 heterocycles. The van der Waals surface area contributed by atoms with Crippen LogP contribution in [0.25, 0.3) is 0 Å². The van der Waals surface area contributed by atoms with Crippen molar-refractivity contribution in [1.82, 2.24) is 10.6 Å². The number of anilines is 2. The SMILES string of the molecule is CCC1CC(=O)N(CC(=O)Nc2ccc3c(c2)CC2(C3)NC(=O)NC2=O)c2ccccc2S1. The maximum atomic E-state index is 12.9. The van der Waals surface area contributed by atoms with Crippen LogP contribution in [0.2, 0.25) is 0 Å². The molecule has 2 aliphatic heterocycles. The van der Waals surface area contributed by atoms with Crippen molar-refractivity contribution in [2.45, 2.75) is 48.3 Å². The standard InChI is InChI=1S/C24H24N4O4S/c1-2-17-10-21(30)28(18-5-3-4-6-19(18)33-17)13-20(29)25-16-8-7-14-11-24(12-15(14)9-16)22(31)26-23(32)27-24/h3-9,17H,2,10-13H2,1H3,(H,25,29)(H2,26,27,31,32). The summed E-state index contributed by atoms with van der Waals surface area (Å²) < 4.78 is 0. The molecule has 1 saturated heterocycles. The Morgan fingerprint density at radius 1 is 1.15 bits per heavy atom. The van der Waals surface area contributed by atoms with E-state index in [1.807, 2.05) is 36.4 Å². The molecule has 0 saturated carbocycles. The predicted octanol–water partition coefficient (Wildman–Crippen LogP) is 2.61. The molecule has 2 aromatic carbocycles. The summed E-state index contributed by atoms with van der Waals surface area (Å²) in [7, 11) is 0. The van der Waals surface area contributed by atoms with Crippen LogP contribution in [0.4, 0.5) is 16.2 Å². The summed E-state index contributed by atoms with van der Waals surface area (Å²) in [6, 6.07) is 12.7. The summed E-state index contributed by atoms with van der Waals surface area (Å²) in [5.74, 6) is -0.679. The number of carbonyl (C=O) groups is 4. The van der Waals surface area contributed by atoms with Crippen molar-refractivity contribution < 1.29 is 19.2 Å². The molecule has 5 amide bonds. The second kappa shape index (κ2) is 8.22. The molecule has 9 heteroatoms. The van der Waals surface area contributed by atoms with Gasteiger partial charge in [0.25, 0.3) is 5.91 Å². The second-order valence-corrected chi connectivity index (χ2v) is 10.0. The van der Waals surface area contributed by atoms with E-state index < -0.39 is 11.6 Å². The van der Waals surface area contributed by atoms with E-state index in [1.165, 1.54) is 0 Å². The number of urea groups is 1. The molecular weight excluding hydrogens is 440 g/mol. The van der Waals surface area contributed by atoms with Crippen LogP contribution >= 0.6 is 11.8 Å². The Morgan fingerprint density at radius 3 is 2.70 bits per heavy atom. The molecule has 3 aliphatic rings. The van der Waals surface area contributed by atoms with Crippen LogP contribution < -0.4 is 20.9 Å². The number of benzene rings is 2. The molecular formula is C24H24N4O4S. The molecule has 2 unspecified atom stereocenters. The molecule has 33 heavy (non-hydrogen) atoms. The van der Waals surface area contributed by atoms with Gasteiger partial charge >= 0.3 is 6.03 Å². The van der Waals surface area contributed by atoms with Crippen molar-refractivity contribution >= 4 is 46.9 Å². The quantitative estimate of drug-likeness (QED) is 0.603. The van der Waals surface area contributed by atoms with E-state index in [4.69, 9.17) is 0 Å². The highest BCUT2D eigenvalue weighted by molar-refractivity contribution is 8.00. The van der Waals surface area contributed by atoms with Crippen LogP contribution in [0, 0.1) is 0 Å². The first kappa shape index (κ1) is 21.5. The van der Waals surface area contributed by atoms with E-state index in [1.54, 1.807) is 22.7 Å². The van der Waals surface area contributed by atoms with Crippen molar-refractivity contribution in [2.75, 3.05) is 16.8 Å². The van der Waals surface area contributed by atoms with Gasteiger partial charge in [-0.05, 0) is 41.8 Å². The molecule has 1 spiro atoms. The highest BCUT2D eigenvalue weighted by Crippen LogP contribution is 2.39. The van der Waals surface area contributed by atoms with E-state index in [9.17, 15) is 19.2 Å². The molecule has 0 aromatic heterocycles. The number of nitrogens with one attached hydrogen (secondary N) is 3. The highest BCUT2D eigenvalue weighted by Gasteiger charge is 2.50. The lowest BCUT2D eigenvalue weighted by Crippen LogP contribution is -2.47. The van der Waals surface area contributed by atoms with Gasteiger partial charge in [-0.25, -0.2) is 4.79 Å². The Kier molecular flexibility index (Phi) is 5.36. The van der Waals surface area contributed by atoms with Gasteiger partial charge in [0.05, 0.1) is 5.69 Å². The summed E-state index contributed by atoms with van der Waals surface area (Å²) in [5.41, 5.74) is 2.28. The monoisotopic (exact) mass is 464 g/mol. The number of amides is 5. The minimum Gasteiger partial charge on any atom is -0.325 e. The zero-order valence-corrected chi connectivity index (χ0v) is 19.0. The van der Waals surface area contributed by atoms with Gasteiger partial charge in [0.15, 0.2) is 0 Å². The summed E-state index contributed by atoms with van der Waals surface area (Å²) in [6.45, 7) is 1.99. The summed E-state index contributed by atoms with van der Waals surface area (Å²) in [6.07, 6.45) is 2.05. The van der Waals surface area contributed by atoms with E-state index in [-0.39, 0.29) is 29.5 Å². The number of hydrogen-bond donors (Lipinski definition) is 3. The van der Waals surface area contributed by atoms with E-state index in [0.29, 0.717) is 24.9 Å². The number of imide groups is 1. The molecule has 0 bridgehead atoms. The third kappa shape index (κ3) is 3.97. The third-order valence-electron chi connectivity index (χ3n) is 6.40. The highest BCUT2D eigenvalue weighted by atomic mass is 32.2. The fourth-order valence-electron chi connectivity index (χ4n) is 4.72. The number of nitrogens with zero attached hydrogens (tertiary/aromatic N) is 1. The maximum absolute atomic E-state index is 12.9. The zero-order valence-electron chi connectivity index (χ0n) is 18.1. The average molecular weight is 465 g/mol. The van der Waals surface area contributed by atoms with Crippen LogP contribution in [0.1, 0.15) is 30.9 Å². The Hall–Kier alpha value is -3.33. The van der Waals surface area contributed by atoms with Gasteiger partial charge in [-0.2, -0.15) is 0 Å². The molecule has 1 fully saturated rings. The molecule has 2 atom stereocenters. The molecule has 5 rings (SSSR count). The zero-order chi connectivity index (χ0) is 23.2. The molecule has 3 N–H and O–H groups in total. The van der Waals surface area contributed by atoms with Crippen LogP contribution in [-0.4, -0.2) is 41.1 Å².